The van der Waals surface area contributed by atoms with Gasteiger partial charge < -0.3 is 10.4 Å². The van der Waals surface area contributed by atoms with E-state index in [2.05, 4.69) is 10.4 Å². The normalized spacial score (nSPS) is 10.8. The molecule has 21 heavy (non-hydrogen) atoms. The van der Waals surface area contributed by atoms with Crippen LogP contribution in [-0.2, 0) is 11.8 Å². The third kappa shape index (κ3) is 3.53. The number of aromatic nitrogens is 2. The average Bonchev–Trinajstić information content (AvgIpc) is 2.81. The maximum atomic E-state index is 13.1. The fraction of sp³-hybridized carbons (Fsp3) is 0.0714. The number of halogens is 1. The third-order valence-electron chi connectivity index (χ3n) is 2.73. The van der Waals surface area contributed by atoms with E-state index in [0.29, 0.717) is 5.69 Å². The number of hydrogen-bond donors (Lipinski definition) is 2. The molecule has 1 heterocycles. The Morgan fingerprint density at radius 2 is 2.14 bits per heavy atom. The van der Waals surface area contributed by atoms with Crippen molar-refractivity contribution in [3.8, 4) is 0 Å². The van der Waals surface area contributed by atoms with E-state index in [1.807, 2.05) is 0 Å². The van der Waals surface area contributed by atoms with Crippen LogP contribution in [0.3, 0.4) is 0 Å². The van der Waals surface area contributed by atoms with Gasteiger partial charge in [0.15, 0.2) is 0 Å². The van der Waals surface area contributed by atoms with E-state index in [1.54, 1.807) is 24.0 Å². The topological polar surface area (TPSA) is 84.2 Å². The molecule has 0 bridgehead atoms. The number of nitrogens with one attached hydrogen (secondary N) is 1. The van der Waals surface area contributed by atoms with Crippen molar-refractivity contribution in [2.24, 2.45) is 7.05 Å². The smallest absolute Gasteiger partial charge is 0.337 e. The molecule has 0 aliphatic carbocycles. The number of nitrogens with zero attached hydrogens (tertiary/aromatic N) is 2. The van der Waals surface area contributed by atoms with Crippen molar-refractivity contribution in [2.45, 2.75) is 0 Å². The summed E-state index contributed by atoms with van der Waals surface area (Å²) in [6.45, 7) is 0. The van der Waals surface area contributed by atoms with E-state index in [1.165, 1.54) is 12.2 Å². The van der Waals surface area contributed by atoms with Gasteiger partial charge in [0.05, 0.1) is 16.9 Å². The minimum absolute atomic E-state index is 0.0952. The zero-order valence-electron chi connectivity index (χ0n) is 11.1. The van der Waals surface area contributed by atoms with Gasteiger partial charge in [-0.25, -0.2) is 9.18 Å². The molecule has 0 unspecified atom stereocenters. The minimum atomic E-state index is -1.25. The number of aromatic carboxylic acids is 1. The van der Waals surface area contributed by atoms with Gasteiger partial charge in [0.1, 0.15) is 5.82 Å². The summed E-state index contributed by atoms with van der Waals surface area (Å²) in [5, 5.41) is 15.3. The first-order valence-corrected chi connectivity index (χ1v) is 5.97. The van der Waals surface area contributed by atoms with Crippen LogP contribution in [0.25, 0.3) is 6.08 Å². The van der Waals surface area contributed by atoms with Gasteiger partial charge in [-0.05, 0) is 30.3 Å². The SMILES string of the molecule is Cn1nccc1/C=C/C(=O)Nc1cc(F)ccc1C(=O)O. The largest absolute Gasteiger partial charge is 0.478 e. The van der Waals surface area contributed by atoms with Crippen LogP contribution < -0.4 is 5.32 Å². The Morgan fingerprint density at radius 1 is 1.38 bits per heavy atom. The highest BCUT2D eigenvalue weighted by atomic mass is 19.1. The number of benzene rings is 1. The molecule has 2 aromatic rings. The van der Waals surface area contributed by atoms with Crippen LogP contribution in [0.4, 0.5) is 10.1 Å². The number of amides is 1. The summed E-state index contributed by atoms with van der Waals surface area (Å²) in [7, 11) is 1.71. The molecule has 0 saturated carbocycles. The highest BCUT2D eigenvalue weighted by molar-refractivity contribution is 6.05. The van der Waals surface area contributed by atoms with Gasteiger partial charge in [-0.2, -0.15) is 5.10 Å². The van der Waals surface area contributed by atoms with Gasteiger partial charge in [-0.3, -0.25) is 9.48 Å². The van der Waals surface area contributed by atoms with Crippen molar-refractivity contribution in [1.29, 1.82) is 0 Å². The number of carbonyl (C=O) groups excluding carboxylic acids is 1. The number of aryl methyl sites for hydroxylation is 1. The van der Waals surface area contributed by atoms with Crippen LogP contribution in [0.5, 0.6) is 0 Å². The second-order valence-electron chi connectivity index (χ2n) is 4.20. The van der Waals surface area contributed by atoms with Crippen LogP contribution in [0, 0.1) is 5.82 Å². The summed E-state index contributed by atoms with van der Waals surface area (Å²) in [5.41, 5.74) is 0.420. The summed E-state index contributed by atoms with van der Waals surface area (Å²) in [4.78, 5) is 22.8. The maximum absolute atomic E-state index is 13.1. The lowest BCUT2D eigenvalue weighted by Gasteiger charge is -2.06. The summed E-state index contributed by atoms with van der Waals surface area (Å²) in [5.74, 6) is -2.45. The lowest BCUT2D eigenvalue weighted by Crippen LogP contribution is -2.12. The molecule has 0 spiro atoms. The number of carboxylic acid groups (broad SMARTS) is 1. The second kappa shape index (κ2) is 6.00. The molecule has 0 aliphatic rings. The first-order chi connectivity index (χ1) is 9.97. The number of carbonyl (C=O) groups is 2. The molecule has 0 fully saturated rings. The Kier molecular flexibility index (Phi) is 4.13. The minimum Gasteiger partial charge on any atom is -0.478 e. The van der Waals surface area contributed by atoms with Crippen molar-refractivity contribution < 1.29 is 19.1 Å². The lowest BCUT2D eigenvalue weighted by atomic mass is 10.1. The summed E-state index contributed by atoms with van der Waals surface area (Å²) in [6, 6.07) is 4.77. The molecule has 1 amide bonds. The third-order valence-corrected chi connectivity index (χ3v) is 2.73. The fourth-order valence-electron chi connectivity index (χ4n) is 1.69. The summed E-state index contributed by atoms with van der Waals surface area (Å²) >= 11 is 0. The quantitative estimate of drug-likeness (QED) is 0.842. The number of carboxylic acids is 1. The van der Waals surface area contributed by atoms with Crippen molar-refractivity contribution in [3.05, 3.63) is 53.6 Å². The van der Waals surface area contributed by atoms with E-state index in [4.69, 9.17) is 5.11 Å². The number of hydrogen-bond acceptors (Lipinski definition) is 3. The van der Waals surface area contributed by atoms with Gasteiger partial charge in [0.25, 0.3) is 0 Å². The standard InChI is InChI=1S/C14H12FN3O3/c1-18-10(6-7-16-18)3-5-13(19)17-12-8-9(15)2-4-11(12)14(20)21/h2-8H,1H3,(H,17,19)(H,20,21)/b5-3+. The fourth-order valence-corrected chi connectivity index (χ4v) is 1.69. The Bertz CT molecular complexity index is 722. The Hall–Kier alpha value is -2.96. The van der Waals surface area contributed by atoms with E-state index < -0.39 is 17.7 Å². The highest BCUT2D eigenvalue weighted by Gasteiger charge is 2.12. The zero-order chi connectivity index (χ0) is 15.4. The lowest BCUT2D eigenvalue weighted by molar-refractivity contribution is -0.111. The summed E-state index contributed by atoms with van der Waals surface area (Å²) in [6.07, 6.45) is 4.31. The van der Waals surface area contributed by atoms with Gasteiger partial charge >= 0.3 is 5.97 Å². The van der Waals surface area contributed by atoms with Gasteiger partial charge in [0.2, 0.25) is 5.91 Å². The number of anilines is 1. The van der Waals surface area contributed by atoms with Crippen LogP contribution >= 0.6 is 0 Å². The highest BCUT2D eigenvalue weighted by Crippen LogP contribution is 2.17. The second-order valence-corrected chi connectivity index (χ2v) is 4.20. The molecule has 0 saturated heterocycles. The Balaban J connectivity index is 2.16. The zero-order valence-corrected chi connectivity index (χ0v) is 11.1. The van der Waals surface area contributed by atoms with Crippen molar-refractivity contribution in [3.63, 3.8) is 0 Å². The molecule has 0 atom stereocenters. The van der Waals surface area contributed by atoms with Crippen LogP contribution in [0.2, 0.25) is 0 Å². The predicted octanol–water partition coefficient (Wildman–Crippen LogP) is 1.91. The molecular weight excluding hydrogens is 277 g/mol. The number of rotatable bonds is 4. The van der Waals surface area contributed by atoms with Gasteiger partial charge in [-0.1, -0.05) is 0 Å². The predicted molar refractivity (Wildman–Crippen MR) is 74.2 cm³/mol. The molecule has 6 nitrogen and oxygen atoms in total. The molecule has 108 valence electrons. The van der Waals surface area contributed by atoms with Crippen molar-refractivity contribution in [2.75, 3.05) is 5.32 Å². The molecule has 2 N–H and O–H groups in total. The summed E-state index contributed by atoms with van der Waals surface area (Å²) < 4.78 is 14.7. The molecule has 0 aliphatic heterocycles. The van der Waals surface area contributed by atoms with E-state index in [-0.39, 0.29) is 11.3 Å². The first-order valence-electron chi connectivity index (χ1n) is 5.97. The van der Waals surface area contributed by atoms with E-state index >= 15 is 0 Å². The Labute approximate surface area is 119 Å². The van der Waals surface area contributed by atoms with Crippen molar-refractivity contribution in [1.82, 2.24) is 9.78 Å². The van der Waals surface area contributed by atoms with Crippen LogP contribution in [-0.4, -0.2) is 26.8 Å². The monoisotopic (exact) mass is 289 g/mol. The Morgan fingerprint density at radius 3 is 2.76 bits per heavy atom. The van der Waals surface area contributed by atoms with Crippen LogP contribution in [0.1, 0.15) is 16.1 Å². The maximum Gasteiger partial charge on any atom is 0.337 e. The molecule has 1 aromatic carbocycles. The van der Waals surface area contributed by atoms with E-state index in [0.717, 1.165) is 18.2 Å². The molecule has 7 heteroatoms. The van der Waals surface area contributed by atoms with Crippen molar-refractivity contribution >= 4 is 23.6 Å². The molecule has 1 aromatic heterocycles. The van der Waals surface area contributed by atoms with E-state index in [9.17, 15) is 14.0 Å². The van der Waals surface area contributed by atoms with Gasteiger partial charge in [0, 0.05) is 19.3 Å². The van der Waals surface area contributed by atoms with Crippen LogP contribution in [0.15, 0.2) is 36.5 Å². The van der Waals surface area contributed by atoms with Gasteiger partial charge in [-0.15, -0.1) is 0 Å². The molecule has 0 radical (unpaired) electrons. The molecular formula is C14H12FN3O3. The average molecular weight is 289 g/mol. The first kappa shape index (κ1) is 14.4. The molecule has 2 rings (SSSR count).